The van der Waals surface area contributed by atoms with Crippen LogP contribution in [0.5, 0.6) is 11.5 Å². The van der Waals surface area contributed by atoms with Crippen LogP contribution in [0.25, 0.3) is 0 Å². The standard InChI is InChI=1S/C22H26N2O5/c1-4-29-22(26)16-5-7-18(8-6-16)23-9-11-24(12-10-23)21(25)17-13-19(27-2)15-20(14-17)28-3/h5-8,13-15H,4,9-12H2,1-3H3. The van der Waals surface area contributed by atoms with Gasteiger partial charge in [0.1, 0.15) is 11.5 Å². The van der Waals surface area contributed by atoms with E-state index in [9.17, 15) is 9.59 Å². The number of rotatable bonds is 6. The maximum absolute atomic E-state index is 12.9. The smallest absolute Gasteiger partial charge is 0.338 e. The molecule has 1 heterocycles. The van der Waals surface area contributed by atoms with E-state index in [1.165, 1.54) is 0 Å². The van der Waals surface area contributed by atoms with Gasteiger partial charge in [-0.2, -0.15) is 0 Å². The molecule has 0 radical (unpaired) electrons. The number of amides is 1. The third kappa shape index (κ3) is 4.80. The minimum atomic E-state index is -0.316. The molecule has 3 rings (SSSR count). The minimum Gasteiger partial charge on any atom is -0.497 e. The zero-order chi connectivity index (χ0) is 20.8. The Hall–Kier alpha value is -3.22. The maximum atomic E-state index is 12.9. The number of hydrogen-bond acceptors (Lipinski definition) is 6. The van der Waals surface area contributed by atoms with Crippen molar-refractivity contribution in [3.63, 3.8) is 0 Å². The second-order valence-corrected chi connectivity index (χ2v) is 6.65. The number of carbonyl (C=O) groups is 2. The van der Waals surface area contributed by atoms with E-state index in [1.807, 2.05) is 17.0 Å². The molecular weight excluding hydrogens is 372 g/mol. The van der Waals surface area contributed by atoms with E-state index in [0.717, 1.165) is 5.69 Å². The Balaban J connectivity index is 1.63. The Morgan fingerprint density at radius 2 is 1.45 bits per heavy atom. The monoisotopic (exact) mass is 398 g/mol. The Kier molecular flexibility index (Phi) is 6.59. The summed E-state index contributed by atoms with van der Waals surface area (Å²) in [4.78, 5) is 28.7. The summed E-state index contributed by atoms with van der Waals surface area (Å²) in [5.41, 5.74) is 2.11. The molecular formula is C22H26N2O5. The molecule has 0 aliphatic carbocycles. The number of piperazine rings is 1. The summed E-state index contributed by atoms with van der Waals surface area (Å²) in [6, 6.07) is 12.6. The van der Waals surface area contributed by atoms with Crippen molar-refractivity contribution in [1.82, 2.24) is 4.90 Å². The van der Waals surface area contributed by atoms with Crippen molar-refractivity contribution in [2.45, 2.75) is 6.92 Å². The highest BCUT2D eigenvalue weighted by Gasteiger charge is 2.23. The largest absolute Gasteiger partial charge is 0.497 e. The van der Waals surface area contributed by atoms with Crippen LogP contribution >= 0.6 is 0 Å². The summed E-state index contributed by atoms with van der Waals surface area (Å²) >= 11 is 0. The third-order valence-corrected chi connectivity index (χ3v) is 4.91. The molecule has 29 heavy (non-hydrogen) atoms. The van der Waals surface area contributed by atoms with Crippen LogP contribution in [-0.4, -0.2) is 63.8 Å². The number of hydrogen-bond donors (Lipinski definition) is 0. The Morgan fingerprint density at radius 3 is 1.97 bits per heavy atom. The zero-order valence-corrected chi connectivity index (χ0v) is 17.0. The van der Waals surface area contributed by atoms with Gasteiger partial charge in [0.05, 0.1) is 26.4 Å². The van der Waals surface area contributed by atoms with Crippen LogP contribution in [0.2, 0.25) is 0 Å². The van der Waals surface area contributed by atoms with Gasteiger partial charge in [0.25, 0.3) is 5.91 Å². The molecule has 0 atom stereocenters. The number of carbonyl (C=O) groups excluding carboxylic acids is 2. The molecule has 1 saturated heterocycles. The molecule has 0 spiro atoms. The fraction of sp³-hybridized carbons (Fsp3) is 0.364. The Morgan fingerprint density at radius 1 is 0.862 bits per heavy atom. The lowest BCUT2D eigenvalue weighted by Gasteiger charge is -2.36. The fourth-order valence-corrected chi connectivity index (χ4v) is 3.30. The summed E-state index contributed by atoms with van der Waals surface area (Å²) in [6.07, 6.45) is 0. The number of nitrogens with zero attached hydrogens (tertiary/aromatic N) is 2. The van der Waals surface area contributed by atoms with Crippen molar-refractivity contribution in [1.29, 1.82) is 0 Å². The molecule has 1 aliphatic heterocycles. The SMILES string of the molecule is CCOC(=O)c1ccc(N2CCN(C(=O)c3cc(OC)cc(OC)c3)CC2)cc1. The van der Waals surface area contributed by atoms with Crippen LogP contribution in [-0.2, 0) is 4.74 Å². The molecule has 0 unspecified atom stereocenters. The minimum absolute atomic E-state index is 0.0421. The number of methoxy groups -OCH3 is 2. The Labute approximate surface area is 170 Å². The zero-order valence-electron chi connectivity index (χ0n) is 17.0. The highest BCUT2D eigenvalue weighted by atomic mass is 16.5. The average Bonchev–Trinajstić information content (AvgIpc) is 2.78. The van der Waals surface area contributed by atoms with Crippen LogP contribution in [0.15, 0.2) is 42.5 Å². The van der Waals surface area contributed by atoms with E-state index < -0.39 is 0 Å². The van der Waals surface area contributed by atoms with Gasteiger partial charge in [-0.25, -0.2) is 4.79 Å². The van der Waals surface area contributed by atoms with Gasteiger partial charge in [-0.3, -0.25) is 4.79 Å². The van der Waals surface area contributed by atoms with E-state index in [4.69, 9.17) is 14.2 Å². The van der Waals surface area contributed by atoms with E-state index in [1.54, 1.807) is 51.5 Å². The molecule has 1 aliphatic rings. The van der Waals surface area contributed by atoms with E-state index in [2.05, 4.69) is 4.90 Å². The van der Waals surface area contributed by atoms with Gasteiger partial charge in [0.15, 0.2) is 0 Å². The molecule has 0 bridgehead atoms. The van der Waals surface area contributed by atoms with Crippen molar-refractivity contribution < 1.29 is 23.8 Å². The third-order valence-electron chi connectivity index (χ3n) is 4.91. The van der Waals surface area contributed by atoms with Crippen LogP contribution in [0.1, 0.15) is 27.6 Å². The van der Waals surface area contributed by atoms with E-state index >= 15 is 0 Å². The molecule has 154 valence electrons. The predicted octanol–water partition coefficient (Wildman–Crippen LogP) is 2.84. The lowest BCUT2D eigenvalue weighted by atomic mass is 10.1. The first-order valence-electron chi connectivity index (χ1n) is 9.60. The van der Waals surface area contributed by atoms with Crippen molar-refractivity contribution in [2.24, 2.45) is 0 Å². The number of esters is 1. The normalized spacial score (nSPS) is 13.8. The molecule has 1 amide bonds. The number of benzene rings is 2. The van der Waals surface area contributed by atoms with Crippen molar-refractivity contribution in [2.75, 3.05) is 51.9 Å². The quantitative estimate of drug-likeness (QED) is 0.697. The van der Waals surface area contributed by atoms with Gasteiger partial charge in [-0.1, -0.05) is 0 Å². The first-order valence-corrected chi connectivity index (χ1v) is 9.60. The second kappa shape index (κ2) is 9.32. The van der Waals surface area contributed by atoms with Crippen LogP contribution in [0.3, 0.4) is 0 Å². The molecule has 0 N–H and O–H groups in total. The van der Waals surface area contributed by atoms with Crippen molar-refractivity contribution in [3.8, 4) is 11.5 Å². The number of ether oxygens (including phenoxy) is 3. The summed E-state index contributed by atoms with van der Waals surface area (Å²) in [5, 5.41) is 0. The van der Waals surface area contributed by atoms with Crippen molar-refractivity contribution >= 4 is 17.6 Å². The molecule has 7 heteroatoms. The summed E-state index contributed by atoms with van der Waals surface area (Å²) < 4.78 is 15.5. The van der Waals surface area contributed by atoms with Crippen LogP contribution in [0.4, 0.5) is 5.69 Å². The van der Waals surface area contributed by atoms with Crippen LogP contribution in [0, 0.1) is 0 Å². The average molecular weight is 398 g/mol. The van der Waals surface area contributed by atoms with Gasteiger partial charge in [0, 0.05) is 43.5 Å². The predicted molar refractivity (Wildman–Crippen MR) is 110 cm³/mol. The lowest BCUT2D eigenvalue weighted by molar-refractivity contribution is 0.0526. The van der Waals surface area contributed by atoms with Crippen molar-refractivity contribution in [3.05, 3.63) is 53.6 Å². The van der Waals surface area contributed by atoms with Gasteiger partial charge in [-0.15, -0.1) is 0 Å². The lowest BCUT2D eigenvalue weighted by Crippen LogP contribution is -2.48. The van der Waals surface area contributed by atoms with E-state index in [0.29, 0.717) is 55.4 Å². The molecule has 0 aromatic heterocycles. The van der Waals surface area contributed by atoms with Gasteiger partial charge in [-0.05, 0) is 43.3 Å². The highest BCUT2D eigenvalue weighted by Crippen LogP contribution is 2.24. The Bertz CT molecular complexity index is 836. The first-order chi connectivity index (χ1) is 14.0. The second-order valence-electron chi connectivity index (χ2n) is 6.65. The molecule has 7 nitrogen and oxygen atoms in total. The molecule has 2 aromatic rings. The summed E-state index contributed by atoms with van der Waals surface area (Å²) in [7, 11) is 3.13. The summed E-state index contributed by atoms with van der Waals surface area (Å²) in [5.74, 6) is 0.823. The molecule has 2 aromatic carbocycles. The maximum Gasteiger partial charge on any atom is 0.338 e. The molecule has 0 saturated carbocycles. The highest BCUT2D eigenvalue weighted by molar-refractivity contribution is 5.95. The number of anilines is 1. The topological polar surface area (TPSA) is 68.3 Å². The summed E-state index contributed by atoms with van der Waals surface area (Å²) in [6.45, 7) is 4.79. The fourth-order valence-electron chi connectivity index (χ4n) is 3.30. The van der Waals surface area contributed by atoms with Crippen LogP contribution < -0.4 is 14.4 Å². The van der Waals surface area contributed by atoms with Gasteiger partial charge >= 0.3 is 5.97 Å². The van der Waals surface area contributed by atoms with Gasteiger partial charge < -0.3 is 24.0 Å². The van der Waals surface area contributed by atoms with Gasteiger partial charge in [0.2, 0.25) is 0 Å². The van der Waals surface area contributed by atoms with E-state index in [-0.39, 0.29) is 11.9 Å². The molecule has 1 fully saturated rings. The first kappa shape index (κ1) is 20.5.